The molecule has 1 fully saturated rings. The van der Waals surface area contributed by atoms with Crippen LogP contribution in [0.25, 0.3) is 0 Å². The van der Waals surface area contributed by atoms with Crippen molar-refractivity contribution < 1.29 is 21.6 Å². The average Bonchev–Trinajstić information content (AvgIpc) is 2.25. The van der Waals surface area contributed by atoms with Crippen LogP contribution in [0.1, 0.15) is 6.42 Å². The number of ether oxygens (including phenoxy) is 1. The van der Waals surface area contributed by atoms with E-state index in [2.05, 4.69) is 4.72 Å². The molecule has 0 aromatic rings. The molecular weight excluding hydrogens is 268 g/mol. The molecule has 1 heterocycles. The molecule has 0 aromatic carbocycles. The van der Waals surface area contributed by atoms with Gasteiger partial charge in [-0.2, -0.15) is 4.31 Å². The normalized spacial score (nSPS) is 19.4. The number of hydrogen-bond acceptors (Lipinski definition) is 5. The lowest BCUT2D eigenvalue weighted by atomic mass is 10.5. The lowest BCUT2D eigenvalue weighted by molar-refractivity contribution is 0.0730. The molecule has 1 saturated heterocycles. The van der Waals surface area contributed by atoms with Gasteiger partial charge in [0.25, 0.3) is 0 Å². The van der Waals surface area contributed by atoms with Crippen LogP contribution in [-0.2, 0) is 24.8 Å². The molecule has 1 N–H and O–H groups in total. The van der Waals surface area contributed by atoms with Crippen LogP contribution in [0.2, 0.25) is 0 Å². The number of hydrogen-bond donors (Lipinski definition) is 1. The molecule has 0 radical (unpaired) electrons. The molecule has 0 unspecified atom stereocenters. The Balaban J connectivity index is 2.34. The van der Waals surface area contributed by atoms with Crippen molar-refractivity contribution in [3.05, 3.63) is 0 Å². The van der Waals surface area contributed by atoms with Crippen LogP contribution < -0.4 is 4.72 Å². The molecule has 1 aliphatic rings. The maximum atomic E-state index is 11.8. The lowest BCUT2D eigenvalue weighted by Gasteiger charge is -2.25. The van der Waals surface area contributed by atoms with Crippen molar-refractivity contribution in [2.24, 2.45) is 0 Å². The molecule has 17 heavy (non-hydrogen) atoms. The second-order valence-corrected chi connectivity index (χ2v) is 7.77. The fraction of sp³-hybridized carbons (Fsp3) is 1.00. The first-order chi connectivity index (χ1) is 7.81. The summed E-state index contributed by atoms with van der Waals surface area (Å²) in [5.74, 6) is -0.0461. The second kappa shape index (κ2) is 6.10. The molecule has 0 atom stereocenters. The summed E-state index contributed by atoms with van der Waals surface area (Å²) in [6.07, 6.45) is 1.32. The molecule has 7 nitrogen and oxygen atoms in total. The van der Waals surface area contributed by atoms with E-state index < -0.39 is 20.0 Å². The Labute approximate surface area is 102 Å². The van der Waals surface area contributed by atoms with Gasteiger partial charge in [-0.1, -0.05) is 0 Å². The fourth-order valence-electron chi connectivity index (χ4n) is 1.47. The van der Waals surface area contributed by atoms with Crippen molar-refractivity contribution in [1.82, 2.24) is 9.03 Å². The summed E-state index contributed by atoms with van der Waals surface area (Å²) in [4.78, 5) is 0. The standard InChI is InChI=1S/C8H18N2O5S2/c1-16(11,12)9-3-2-8-17(13,14)10-4-6-15-7-5-10/h9H,2-8H2,1H3. The summed E-state index contributed by atoms with van der Waals surface area (Å²) in [5, 5.41) is 0. The zero-order valence-electron chi connectivity index (χ0n) is 9.75. The van der Waals surface area contributed by atoms with Crippen LogP contribution in [0.5, 0.6) is 0 Å². The highest BCUT2D eigenvalue weighted by molar-refractivity contribution is 7.89. The van der Waals surface area contributed by atoms with Gasteiger partial charge < -0.3 is 4.74 Å². The summed E-state index contributed by atoms with van der Waals surface area (Å²) < 4.78 is 53.9. The van der Waals surface area contributed by atoms with Crippen LogP contribution in [0.15, 0.2) is 0 Å². The summed E-state index contributed by atoms with van der Waals surface area (Å²) in [6, 6.07) is 0. The van der Waals surface area contributed by atoms with E-state index >= 15 is 0 Å². The van der Waals surface area contributed by atoms with E-state index in [1.54, 1.807) is 0 Å². The number of nitrogens with one attached hydrogen (secondary N) is 1. The van der Waals surface area contributed by atoms with Crippen LogP contribution >= 0.6 is 0 Å². The third-order valence-electron chi connectivity index (χ3n) is 2.31. The molecule has 0 spiro atoms. The Hall–Kier alpha value is -0.220. The molecule has 0 bridgehead atoms. The highest BCUT2D eigenvalue weighted by Crippen LogP contribution is 2.06. The first-order valence-corrected chi connectivity index (χ1v) is 8.81. The number of sulfonamides is 2. The minimum absolute atomic E-state index is 0.0461. The molecule has 0 aromatic heterocycles. The van der Waals surface area contributed by atoms with Crippen molar-refractivity contribution in [3.63, 3.8) is 0 Å². The van der Waals surface area contributed by atoms with E-state index in [1.807, 2.05) is 0 Å². The molecular formula is C8H18N2O5S2. The van der Waals surface area contributed by atoms with Crippen molar-refractivity contribution in [2.45, 2.75) is 6.42 Å². The predicted molar refractivity (Wildman–Crippen MR) is 63.6 cm³/mol. The van der Waals surface area contributed by atoms with Gasteiger partial charge in [0.15, 0.2) is 0 Å². The molecule has 0 amide bonds. The quantitative estimate of drug-likeness (QED) is 0.605. The summed E-state index contributed by atoms with van der Waals surface area (Å²) in [5.41, 5.74) is 0. The summed E-state index contributed by atoms with van der Waals surface area (Å²) in [6.45, 7) is 1.73. The molecule has 9 heteroatoms. The summed E-state index contributed by atoms with van der Waals surface area (Å²) >= 11 is 0. The van der Waals surface area contributed by atoms with E-state index in [1.165, 1.54) is 4.31 Å². The first-order valence-electron chi connectivity index (χ1n) is 5.31. The number of nitrogens with zero attached hydrogens (tertiary/aromatic N) is 1. The smallest absolute Gasteiger partial charge is 0.214 e. The predicted octanol–water partition coefficient (Wildman–Crippen LogP) is -1.41. The van der Waals surface area contributed by atoms with E-state index in [9.17, 15) is 16.8 Å². The fourth-order valence-corrected chi connectivity index (χ4v) is 3.45. The van der Waals surface area contributed by atoms with Crippen molar-refractivity contribution in [3.8, 4) is 0 Å². The second-order valence-electron chi connectivity index (χ2n) is 3.85. The largest absolute Gasteiger partial charge is 0.379 e. The number of rotatable bonds is 6. The van der Waals surface area contributed by atoms with Gasteiger partial charge in [0, 0.05) is 19.6 Å². The van der Waals surface area contributed by atoms with Gasteiger partial charge in [-0.25, -0.2) is 21.6 Å². The summed E-state index contributed by atoms with van der Waals surface area (Å²) in [7, 11) is -6.53. The molecule has 1 aliphatic heterocycles. The SMILES string of the molecule is CS(=O)(=O)NCCCS(=O)(=O)N1CCOCC1. The van der Waals surface area contributed by atoms with E-state index in [0.29, 0.717) is 26.3 Å². The van der Waals surface area contributed by atoms with Gasteiger partial charge in [-0.3, -0.25) is 0 Å². The molecule has 0 saturated carbocycles. The van der Waals surface area contributed by atoms with Gasteiger partial charge in [-0.05, 0) is 6.42 Å². The van der Waals surface area contributed by atoms with Gasteiger partial charge in [0.1, 0.15) is 0 Å². The highest BCUT2D eigenvalue weighted by atomic mass is 32.2. The van der Waals surface area contributed by atoms with Gasteiger partial charge in [-0.15, -0.1) is 0 Å². The maximum absolute atomic E-state index is 11.8. The molecule has 102 valence electrons. The van der Waals surface area contributed by atoms with Gasteiger partial charge in [0.05, 0.1) is 25.2 Å². The Kier molecular flexibility index (Phi) is 5.32. The minimum atomic E-state index is -3.28. The van der Waals surface area contributed by atoms with Gasteiger partial charge >= 0.3 is 0 Å². The van der Waals surface area contributed by atoms with Crippen molar-refractivity contribution >= 4 is 20.0 Å². The van der Waals surface area contributed by atoms with E-state index in [4.69, 9.17) is 4.74 Å². The monoisotopic (exact) mass is 286 g/mol. The Morgan fingerprint density at radius 1 is 1.18 bits per heavy atom. The van der Waals surface area contributed by atoms with Crippen LogP contribution in [0.4, 0.5) is 0 Å². The van der Waals surface area contributed by atoms with Crippen LogP contribution in [0.3, 0.4) is 0 Å². The van der Waals surface area contributed by atoms with Crippen LogP contribution in [-0.4, -0.2) is 66.0 Å². The zero-order chi connectivity index (χ0) is 12.9. The Bertz CT molecular complexity index is 425. The third kappa shape index (κ3) is 5.77. The average molecular weight is 286 g/mol. The number of morpholine rings is 1. The Morgan fingerprint density at radius 3 is 2.29 bits per heavy atom. The third-order valence-corrected chi connectivity index (χ3v) is 4.99. The van der Waals surface area contributed by atoms with E-state index in [0.717, 1.165) is 6.26 Å². The van der Waals surface area contributed by atoms with Gasteiger partial charge in [0.2, 0.25) is 20.0 Å². The van der Waals surface area contributed by atoms with Crippen molar-refractivity contribution in [1.29, 1.82) is 0 Å². The maximum Gasteiger partial charge on any atom is 0.214 e. The minimum Gasteiger partial charge on any atom is -0.379 e. The highest BCUT2D eigenvalue weighted by Gasteiger charge is 2.23. The van der Waals surface area contributed by atoms with Crippen molar-refractivity contribution in [2.75, 3.05) is 44.9 Å². The molecule has 0 aliphatic carbocycles. The topological polar surface area (TPSA) is 92.8 Å². The van der Waals surface area contributed by atoms with Crippen LogP contribution in [0, 0.1) is 0 Å². The zero-order valence-corrected chi connectivity index (χ0v) is 11.4. The Morgan fingerprint density at radius 2 is 1.76 bits per heavy atom. The lowest BCUT2D eigenvalue weighted by Crippen LogP contribution is -2.42. The first kappa shape index (κ1) is 14.8. The van der Waals surface area contributed by atoms with E-state index in [-0.39, 0.29) is 18.7 Å². The molecule has 1 rings (SSSR count).